The third-order valence-corrected chi connectivity index (χ3v) is 4.97. The minimum Gasteiger partial charge on any atom is -0.512 e. The van der Waals surface area contributed by atoms with Gasteiger partial charge >= 0.3 is 0 Å². The molecule has 0 amide bonds. The first-order chi connectivity index (χ1) is 12.5. The number of allylic oxidation sites excluding steroid dienone is 13. The Labute approximate surface area is 155 Å². The van der Waals surface area contributed by atoms with Gasteiger partial charge in [0, 0.05) is 24.2 Å². The summed E-state index contributed by atoms with van der Waals surface area (Å²) >= 11 is 0. The fraction of sp³-hybridized carbons (Fsp3) is 0.261. The molecule has 0 aliphatic heterocycles. The highest BCUT2D eigenvalue weighted by molar-refractivity contribution is 5.46. The van der Waals surface area contributed by atoms with Crippen LogP contribution in [0.5, 0.6) is 0 Å². The van der Waals surface area contributed by atoms with Gasteiger partial charge in [0.15, 0.2) is 0 Å². The molecule has 0 saturated carbocycles. The lowest BCUT2D eigenvalue weighted by atomic mass is 9.77. The Morgan fingerprint density at radius 2 is 2.08 bits per heavy atom. The molecule has 1 aromatic heterocycles. The number of hydrogen-bond donors (Lipinski definition) is 1. The summed E-state index contributed by atoms with van der Waals surface area (Å²) in [6, 6.07) is 0.0470. The zero-order valence-corrected chi connectivity index (χ0v) is 15.6. The van der Waals surface area contributed by atoms with E-state index in [9.17, 15) is 5.11 Å². The van der Waals surface area contributed by atoms with E-state index in [0.717, 1.165) is 5.57 Å². The van der Waals surface area contributed by atoms with Crippen molar-refractivity contribution in [2.45, 2.75) is 33.2 Å². The Morgan fingerprint density at radius 1 is 1.27 bits per heavy atom. The second kappa shape index (κ2) is 7.61. The van der Waals surface area contributed by atoms with Crippen LogP contribution in [-0.2, 0) is 0 Å². The van der Waals surface area contributed by atoms with Crippen LogP contribution in [0.2, 0.25) is 0 Å². The highest BCUT2D eigenvalue weighted by Crippen LogP contribution is 2.43. The van der Waals surface area contributed by atoms with E-state index in [1.807, 2.05) is 31.7 Å². The molecule has 3 heteroatoms. The molecule has 0 radical (unpaired) electrons. The molecule has 0 fully saturated rings. The van der Waals surface area contributed by atoms with Crippen LogP contribution in [0.1, 0.15) is 33.2 Å². The van der Waals surface area contributed by atoms with E-state index >= 15 is 0 Å². The molecule has 0 saturated heterocycles. The summed E-state index contributed by atoms with van der Waals surface area (Å²) in [5.74, 6) is 0.380. The second-order valence-corrected chi connectivity index (χ2v) is 7.01. The summed E-state index contributed by atoms with van der Waals surface area (Å²) < 4.78 is 2.14. The number of nitrogens with zero attached hydrogens (tertiary/aromatic N) is 2. The van der Waals surface area contributed by atoms with E-state index in [-0.39, 0.29) is 11.5 Å². The van der Waals surface area contributed by atoms with Gasteiger partial charge in [0.2, 0.25) is 0 Å². The van der Waals surface area contributed by atoms with Crippen molar-refractivity contribution in [1.29, 1.82) is 0 Å². The zero-order valence-electron chi connectivity index (χ0n) is 15.6. The summed E-state index contributed by atoms with van der Waals surface area (Å²) in [4.78, 5) is 4.26. The number of aromatic nitrogens is 2. The minimum atomic E-state index is -0.235. The van der Waals surface area contributed by atoms with Gasteiger partial charge in [-0.15, -0.1) is 0 Å². The Kier molecular flexibility index (Phi) is 5.27. The molecule has 0 aromatic carbocycles. The van der Waals surface area contributed by atoms with E-state index in [2.05, 4.69) is 72.0 Å². The van der Waals surface area contributed by atoms with Crippen LogP contribution in [0.15, 0.2) is 102 Å². The summed E-state index contributed by atoms with van der Waals surface area (Å²) in [6.07, 6.45) is 27.2. The molecular formula is C23H26N2O. The van der Waals surface area contributed by atoms with E-state index in [4.69, 9.17) is 0 Å². The molecule has 1 aromatic rings. The van der Waals surface area contributed by atoms with Crippen LogP contribution in [0.4, 0.5) is 0 Å². The van der Waals surface area contributed by atoms with Crippen LogP contribution in [-0.4, -0.2) is 14.7 Å². The largest absolute Gasteiger partial charge is 0.512 e. The van der Waals surface area contributed by atoms with Crippen LogP contribution in [0.3, 0.4) is 0 Å². The van der Waals surface area contributed by atoms with Crippen LogP contribution in [0, 0.1) is 5.41 Å². The van der Waals surface area contributed by atoms with Gasteiger partial charge in [-0.2, -0.15) is 0 Å². The van der Waals surface area contributed by atoms with Crippen LogP contribution >= 0.6 is 0 Å². The van der Waals surface area contributed by atoms with E-state index in [1.54, 1.807) is 6.08 Å². The standard InChI is InChI=1S/C23H26N2O/c1-4-6-19-12-14-23(3,13-11-18(19)2)22(25-16-15-24-17-25)20-7-5-8-21(26)10-9-20/h4-9,11-17,22,26H,10H2,1-3H3/b6-4-. The number of hydrogen-bond acceptors (Lipinski definition) is 2. The van der Waals surface area contributed by atoms with Crippen molar-refractivity contribution in [2.75, 3.05) is 0 Å². The lowest BCUT2D eigenvalue weighted by Gasteiger charge is -2.34. The molecule has 2 aliphatic rings. The van der Waals surface area contributed by atoms with Crippen molar-refractivity contribution in [3.05, 3.63) is 102 Å². The average Bonchev–Trinajstić information content (AvgIpc) is 3.00. The lowest BCUT2D eigenvalue weighted by Crippen LogP contribution is -2.27. The Morgan fingerprint density at radius 3 is 2.81 bits per heavy atom. The number of rotatable bonds is 4. The van der Waals surface area contributed by atoms with Crippen molar-refractivity contribution in [2.24, 2.45) is 5.41 Å². The molecule has 3 rings (SSSR count). The molecule has 2 atom stereocenters. The van der Waals surface area contributed by atoms with Gasteiger partial charge in [-0.05, 0) is 36.6 Å². The van der Waals surface area contributed by atoms with Crippen molar-refractivity contribution in [3.8, 4) is 0 Å². The fourth-order valence-corrected chi connectivity index (χ4v) is 3.51. The van der Waals surface area contributed by atoms with Crippen LogP contribution in [0.25, 0.3) is 0 Å². The zero-order chi connectivity index (χ0) is 18.6. The quantitative estimate of drug-likeness (QED) is 0.750. The fourth-order valence-electron chi connectivity index (χ4n) is 3.51. The van der Waals surface area contributed by atoms with E-state index in [0.29, 0.717) is 12.2 Å². The van der Waals surface area contributed by atoms with Crippen molar-refractivity contribution >= 4 is 0 Å². The molecule has 134 valence electrons. The van der Waals surface area contributed by atoms with Gasteiger partial charge < -0.3 is 9.67 Å². The Bertz CT molecular complexity index is 860. The molecule has 26 heavy (non-hydrogen) atoms. The molecule has 3 nitrogen and oxygen atoms in total. The number of imidazole rings is 1. The van der Waals surface area contributed by atoms with Gasteiger partial charge in [0.05, 0.1) is 18.1 Å². The van der Waals surface area contributed by atoms with Gasteiger partial charge in [-0.1, -0.05) is 61.6 Å². The summed E-state index contributed by atoms with van der Waals surface area (Å²) in [7, 11) is 0. The van der Waals surface area contributed by atoms with Gasteiger partial charge in [-0.3, -0.25) is 0 Å². The molecule has 0 spiro atoms. The summed E-state index contributed by atoms with van der Waals surface area (Å²) in [5, 5.41) is 9.87. The first-order valence-corrected chi connectivity index (χ1v) is 8.99. The van der Waals surface area contributed by atoms with Gasteiger partial charge in [-0.25, -0.2) is 4.98 Å². The summed E-state index contributed by atoms with van der Waals surface area (Å²) in [5.41, 5.74) is 3.40. The number of aliphatic hydroxyl groups is 1. The third kappa shape index (κ3) is 3.72. The van der Waals surface area contributed by atoms with Crippen molar-refractivity contribution in [1.82, 2.24) is 9.55 Å². The Hall–Kier alpha value is -2.81. The maximum atomic E-state index is 9.87. The molecule has 1 heterocycles. The van der Waals surface area contributed by atoms with Crippen molar-refractivity contribution in [3.63, 3.8) is 0 Å². The van der Waals surface area contributed by atoms with E-state index in [1.165, 1.54) is 11.1 Å². The molecule has 0 bridgehead atoms. The summed E-state index contributed by atoms with van der Waals surface area (Å²) in [6.45, 7) is 6.42. The maximum Gasteiger partial charge on any atom is 0.0960 e. The first kappa shape index (κ1) is 18.0. The highest BCUT2D eigenvalue weighted by atomic mass is 16.3. The first-order valence-electron chi connectivity index (χ1n) is 8.99. The monoisotopic (exact) mass is 346 g/mol. The SMILES string of the molecule is C/C=C\C1=C(C)C=CC(C)(C(C2=CCC(O)=CC=C2)n2ccnc2)C=C1. The predicted octanol–water partition coefficient (Wildman–Crippen LogP) is 5.78. The topological polar surface area (TPSA) is 38.0 Å². The molecule has 2 unspecified atom stereocenters. The predicted molar refractivity (Wildman–Crippen MR) is 108 cm³/mol. The minimum absolute atomic E-state index is 0.0470. The molecular weight excluding hydrogens is 320 g/mol. The molecule has 2 aliphatic carbocycles. The maximum absolute atomic E-state index is 9.87. The third-order valence-electron chi connectivity index (χ3n) is 4.97. The van der Waals surface area contributed by atoms with E-state index < -0.39 is 0 Å². The van der Waals surface area contributed by atoms with Crippen LogP contribution < -0.4 is 0 Å². The highest BCUT2D eigenvalue weighted by Gasteiger charge is 2.33. The average molecular weight is 346 g/mol. The smallest absolute Gasteiger partial charge is 0.0960 e. The Balaban J connectivity index is 2.06. The van der Waals surface area contributed by atoms with Crippen molar-refractivity contribution < 1.29 is 5.11 Å². The normalized spacial score (nSPS) is 24.4. The van der Waals surface area contributed by atoms with Gasteiger partial charge in [0.1, 0.15) is 0 Å². The second-order valence-electron chi connectivity index (χ2n) is 7.01. The molecule has 1 N–H and O–H groups in total. The lowest BCUT2D eigenvalue weighted by molar-refractivity contribution is 0.370. The number of aliphatic hydroxyl groups excluding tert-OH is 1. The van der Waals surface area contributed by atoms with Gasteiger partial charge in [0.25, 0.3) is 0 Å².